The average molecular weight is 181 g/mol. The van der Waals surface area contributed by atoms with Gasteiger partial charge in [-0.3, -0.25) is 0 Å². The van der Waals surface area contributed by atoms with Crippen molar-refractivity contribution in [2.24, 2.45) is 7.05 Å². The maximum absolute atomic E-state index is 9.33. The average Bonchev–Trinajstić information content (AvgIpc) is 2.52. The van der Waals surface area contributed by atoms with E-state index in [4.69, 9.17) is 0 Å². The Morgan fingerprint density at radius 3 is 3.15 bits per heavy atom. The summed E-state index contributed by atoms with van der Waals surface area (Å²) >= 11 is 0. The second-order valence-electron chi connectivity index (χ2n) is 2.99. The Labute approximate surface area is 75.3 Å². The first-order chi connectivity index (χ1) is 6.25. The van der Waals surface area contributed by atoms with E-state index in [1.54, 1.807) is 13.1 Å². The number of hydrogen-bond donors (Lipinski definition) is 2. The van der Waals surface area contributed by atoms with Crippen molar-refractivity contribution in [3.05, 3.63) is 11.9 Å². The van der Waals surface area contributed by atoms with E-state index >= 15 is 0 Å². The van der Waals surface area contributed by atoms with Gasteiger partial charge in [-0.2, -0.15) is 4.80 Å². The summed E-state index contributed by atoms with van der Waals surface area (Å²) in [5.74, 6) is 0.578. The molecule has 0 aliphatic carbocycles. The predicted octanol–water partition coefficient (Wildman–Crippen LogP) is -1.44. The fraction of sp³-hybridized carbons (Fsp3) is 0.571. The van der Waals surface area contributed by atoms with Crippen molar-refractivity contribution < 1.29 is 5.11 Å². The summed E-state index contributed by atoms with van der Waals surface area (Å²) in [6.45, 7) is 1.27. The quantitative estimate of drug-likeness (QED) is 0.555. The molecule has 1 aromatic rings. The minimum absolute atomic E-state index is 0.451. The summed E-state index contributed by atoms with van der Waals surface area (Å²) in [5.41, 5.74) is 0.895. The summed E-state index contributed by atoms with van der Waals surface area (Å²) in [6, 6.07) is 0. The maximum Gasteiger partial charge on any atom is 0.201 e. The number of aliphatic hydroxyl groups excluding tert-OH is 1. The van der Waals surface area contributed by atoms with Gasteiger partial charge in [0.15, 0.2) is 0 Å². The van der Waals surface area contributed by atoms with Crippen molar-refractivity contribution in [1.29, 1.82) is 0 Å². The lowest BCUT2D eigenvalue weighted by atomic mass is 10.1. The minimum Gasteiger partial charge on any atom is -0.388 e. The molecule has 0 saturated heterocycles. The van der Waals surface area contributed by atoms with Crippen LogP contribution in [0.4, 0.5) is 0 Å². The molecule has 1 aromatic heterocycles. The third-order valence-electron chi connectivity index (χ3n) is 1.86. The van der Waals surface area contributed by atoms with Crippen LogP contribution in [0, 0.1) is 0 Å². The van der Waals surface area contributed by atoms with Crippen LogP contribution in [0.15, 0.2) is 6.08 Å². The highest BCUT2D eigenvalue weighted by Crippen LogP contribution is 2.10. The van der Waals surface area contributed by atoms with Gasteiger partial charge in [-0.1, -0.05) is 0 Å². The number of β-amino-alcohol motifs (C(OH)–C–C–N with tert-alkyl or cyclic N) is 1. The Morgan fingerprint density at radius 1 is 1.69 bits per heavy atom. The van der Waals surface area contributed by atoms with Gasteiger partial charge in [0.2, 0.25) is 5.82 Å². The largest absolute Gasteiger partial charge is 0.388 e. The fourth-order valence-corrected chi connectivity index (χ4v) is 1.27. The first-order valence-corrected chi connectivity index (χ1v) is 4.09. The van der Waals surface area contributed by atoms with E-state index in [9.17, 15) is 5.11 Å². The molecule has 2 heterocycles. The van der Waals surface area contributed by atoms with E-state index in [-0.39, 0.29) is 0 Å². The summed E-state index contributed by atoms with van der Waals surface area (Å²) in [5, 5.41) is 24.0. The van der Waals surface area contributed by atoms with E-state index in [0.29, 0.717) is 18.9 Å². The number of nitrogens with zero attached hydrogens (tertiary/aromatic N) is 4. The predicted molar refractivity (Wildman–Crippen MR) is 45.7 cm³/mol. The van der Waals surface area contributed by atoms with Gasteiger partial charge in [0.05, 0.1) is 13.2 Å². The molecule has 1 atom stereocenters. The molecule has 2 N–H and O–H groups in total. The van der Waals surface area contributed by atoms with Crippen LogP contribution in [-0.4, -0.2) is 44.5 Å². The molecule has 1 unspecified atom stereocenters. The summed E-state index contributed by atoms with van der Waals surface area (Å²) in [4.78, 5) is 1.40. The van der Waals surface area contributed by atoms with Crippen LogP contribution >= 0.6 is 0 Å². The van der Waals surface area contributed by atoms with E-state index in [0.717, 1.165) is 5.57 Å². The number of aromatic nitrogens is 4. The van der Waals surface area contributed by atoms with Gasteiger partial charge < -0.3 is 10.4 Å². The Kier molecular flexibility index (Phi) is 2.07. The van der Waals surface area contributed by atoms with Crippen LogP contribution in [0.2, 0.25) is 0 Å². The standard InChI is InChI=1S/C7H11N5O/c1-12-10-7(9-11-12)5-2-6(13)4-8-3-5/h2,6,8,13H,3-4H2,1H3. The lowest BCUT2D eigenvalue weighted by Crippen LogP contribution is -2.32. The topological polar surface area (TPSA) is 75.9 Å². The second-order valence-corrected chi connectivity index (χ2v) is 2.99. The monoisotopic (exact) mass is 181 g/mol. The van der Waals surface area contributed by atoms with Crippen molar-refractivity contribution >= 4 is 5.57 Å². The summed E-state index contributed by atoms with van der Waals surface area (Å²) in [6.07, 6.45) is 1.31. The minimum atomic E-state index is -0.451. The second kappa shape index (κ2) is 3.23. The number of hydrogen-bond acceptors (Lipinski definition) is 5. The van der Waals surface area contributed by atoms with Gasteiger partial charge in [-0.25, -0.2) is 0 Å². The van der Waals surface area contributed by atoms with Crippen LogP contribution in [0.25, 0.3) is 5.57 Å². The molecule has 0 fully saturated rings. The van der Waals surface area contributed by atoms with Crippen LogP contribution in [0.1, 0.15) is 5.82 Å². The third-order valence-corrected chi connectivity index (χ3v) is 1.86. The van der Waals surface area contributed by atoms with Crippen molar-refractivity contribution in [3.8, 4) is 0 Å². The zero-order chi connectivity index (χ0) is 9.26. The summed E-state index contributed by atoms with van der Waals surface area (Å²) in [7, 11) is 1.71. The Bertz CT molecular complexity index is 331. The molecule has 70 valence electrons. The molecule has 2 rings (SSSR count). The molecule has 0 spiro atoms. The smallest absolute Gasteiger partial charge is 0.201 e. The molecule has 0 radical (unpaired) electrons. The molecule has 1 aliphatic heterocycles. The van der Waals surface area contributed by atoms with E-state index < -0.39 is 6.10 Å². The zero-order valence-electron chi connectivity index (χ0n) is 7.30. The molecule has 6 nitrogen and oxygen atoms in total. The number of tetrazole rings is 1. The van der Waals surface area contributed by atoms with E-state index in [1.165, 1.54) is 4.80 Å². The number of rotatable bonds is 1. The highest BCUT2D eigenvalue weighted by atomic mass is 16.3. The molecule has 13 heavy (non-hydrogen) atoms. The highest BCUT2D eigenvalue weighted by Gasteiger charge is 2.14. The lowest BCUT2D eigenvalue weighted by molar-refractivity contribution is 0.217. The molecule has 0 amide bonds. The summed E-state index contributed by atoms with van der Waals surface area (Å²) < 4.78 is 0. The Morgan fingerprint density at radius 2 is 2.54 bits per heavy atom. The third kappa shape index (κ3) is 1.73. The van der Waals surface area contributed by atoms with Gasteiger partial charge in [0.25, 0.3) is 0 Å². The zero-order valence-corrected chi connectivity index (χ0v) is 7.30. The Balaban J connectivity index is 2.25. The van der Waals surface area contributed by atoms with E-state index in [2.05, 4.69) is 20.7 Å². The van der Waals surface area contributed by atoms with Crippen LogP contribution in [0.3, 0.4) is 0 Å². The van der Waals surface area contributed by atoms with Crippen molar-refractivity contribution in [2.45, 2.75) is 6.10 Å². The highest BCUT2D eigenvalue weighted by molar-refractivity contribution is 5.62. The first-order valence-electron chi connectivity index (χ1n) is 4.09. The van der Waals surface area contributed by atoms with E-state index in [1.807, 2.05) is 0 Å². The fourth-order valence-electron chi connectivity index (χ4n) is 1.27. The lowest BCUT2D eigenvalue weighted by Gasteiger charge is -2.15. The van der Waals surface area contributed by atoms with Crippen molar-refractivity contribution in [2.75, 3.05) is 13.1 Å². The van der Waals surface area contributed by atoms with Gasteiger partial charge in [0, 0.05) is 18.7 Å². The molecule has 0 aromatic carbocycles. The molecule has 6 heteroatoms. The molecule has 0 saturated carbocycles. The Hall–Kier alpha value is -1.27. The maximum atomic E-state index is 9.33. The molecule has 1 aliphatic rings. The van der Waals surface area contributed by atoms with Gasteiger partial charge in [0.1, 0.15) is 0 Å². The van der Waals surface area contributed by atoms with Gasteiger partial charge in [-0.05, 0) is 11.3 Å². The number of aryl methyl sites for hydroxylation is 1. The molecular weight excluding hydrogens is 170 g/mol. The van der Waals surface area contributed by atoms with Gasteiger partial charge in [-0.15, -0.1) is 10.2 Å². The molecule has 0 bridgehead atoms. The van der Waals surface area contributed by atoms with Crippen LogP contribution < -0.4 is 5.32 Å². The van der Waals surface area contributed by atoms with Crippen LogP contribution in [-0.2, 0) is 7.05 Å². The first kappa shape index (κ1) is 8.33. The SMILES string of the molecule is Cn1nnc(C2=CC(O)CNC2)n1. The van der Waals surface area contributed by atoms with Crippen molar-refractivity contribution in [3.63, 3.8) is 0 Å². The number of nitrogens with one attached hydrogen (secondary N) is 1. The van der Waals surface area contributed by atoms with Gasteiger partial charge >= 0.3 is 0 Å². The van der Waals surface area contributed by atoms with Crippen molar-refractivity contribution in [1.82, 2.24) is 25.5 Å². The normalized spacial score (nSPS) is 22.9. The van der Waals surface area contributed by atoms with Crippen LogP contribution in [0.5, 0.6) is 0 Å². The molecular formula is C7H11N5O. The number of aliphatic hydroxyl groups is 1.